The van der Waals surface area contributed by atoms with E-state index in [4.69, 9.17) is 5.73 Å². The molecule has 88 valence electrons. The highest BCUT2D eigenvalue weighted by Gasteiger charge is 2.20. The molecule has 1 aliphatic heterocycles. The van der Waals surface area contributed by atoms with Gasteiger partial charge in [0.15, 0.2) is 0 Å². The van der Waals surface area contributed by atoms with Gasteiger partial charge in [-0.2, -0.15) is 0 Å². The van der Waals surface area contributed by atoms with Crippen LogP contribution >= 0.6 is 0 Å². The van der Waals surface area contributed by atoms with E-state index in [1.165, 1.54) is 6.42 Å². The highest BCUT2D eigenvalue weighted by molar-refractivity contribution is 5.81. The van der Waals surface area contributed by atoms with Crippen LogP contribution in [0.25, 0.3) is 0 Å². The summed E-state index contributed by atoms with van der Waals surface area (Å²) < 4.78 is 0. The van der Waals surface area contributed by atoms with E-state index in [0.717, 1.165) is 51.7 Å². The lowest BCUT2D eigenvalue weighted by molar-refractivity contribution is -0.122. The number of hydrogen-bond acceptors (Lipinski definition) is 3. The number of amides is 1. The Morgan fingerprint density at radius 3 is 2.80 bits per heavy atom. The standard InChI is InChI=1S/C11H23N3O/c12-7-3-1-2-4-8-14-11(15)10-6-5-9-13-10/h10,13H,1-9,12H2,(H,14,15)/t10-/m0/s1. The zero-order valence-electron chi connectivity index (χ0n) is 9.43. The second-order valence-electron chi connectivity index (χ2n) is 4.14. The van der Waals surface area contributed by atoms with Crippen molar-refractivity contribution >= 4 is 5.91 Å². The zero-order valence-corrected chi connectivity index (χ0v) is 9.43. The number of carbonyl (C=O) groups is 1. The lowest BCUT2D eigenvalue weighted by atomic mass is 10.2. The van der Waals surface area contributed by atoms with Crippen LogP contribution in [0.2, 0.25) is 0 Å². The number of rotatable bonds is 7. The van der Waals surface area contributed by atoms with E-state index < -0.39 is 0 Å². The molecule has 0 radical (unpaired) electrons. The number of carbonyl (C=O) groups excluding carboxylic acids is 1. The molecule has 4 heteroatoms. The molecule has 1 amide bonds. The first-order chi connectivity index (χ1) is 7.34. The fraction of sp³-hybridized carbons (Fsp3) is 0.909. The summed E-state index contributed by atoms with van der Waals surface area (Å²) in [6.07, 6.45) is 6.60. The molecule has 1 rings (SSSR count). The first-order valence-corrected chi connectivity index (χ1v) is 6.06. The Balaban J connectivity index is 1.92. The van der Waals surface area contributed by atoms with Crippen LogP contribution in [0.4, 0.5) is 0 Å². The molecule has 0 spiro atoms. The normalized spacial score (nSPS) is 20.5. The van der Waals surface area contributed by atoms with Crippen LogP contribution in [0, 0.1) is 0 Å². The summed E-state index contributed by atoms with van der Waals surface area (Å²) in [6, 6.07) is 0.0639. The Morgan fingerprint density at radius 1 is 1.33 bits per heavy atom. The zero-order chi connectivity index (χ0) is 10.9. The third-order valence-corrected chi connectivity index (χ3v) is 2.81. The Morgan fingerprint density at radius 2 is 2.13 bits per heavy atom. The van der Waals surface area contributed by atoms with Crippen LogP contribution < -0.4 is 16.4 Å². The summed E-state index contributed by atoms with van der Waals surface area (Å²) >= 11 is 0. The number of nitrogens with one attached hydrogen (secondary N) is 2. The van der Waals surface area contributed by atoms with E-state index in [-0.39, 0.29) is 11.9 Å². The van der Waals surface area contributed by atoms with Gasteiger partial charge in [0.25, 0.3) is 0 Å². The first-order valence-electron chi connectivity index (χ1n) is 6.06. The van der Waals surface area contributed by atoms with Crippen molar-refractivity contribution in [3.05, 3.63) is 0 Å². The third-order valence-electron chi connectivity index (χ3n) is 2.81. The van der Waals surface area contributed by atoms with Crippen molar-refractivity contribution in [1.82, 2.24) is 10.6 Å². The van der Waals surface area contributed by atoms with Crippen LogP contribution in [0.15, 0.2) is 0 Å². The molecule has 0 aromatic heterocycles. The summed E-state index contributed by atoms with van der Waals surface area (Å²) in [4.78, 5) is 11.5. The molecular formula is C11H23N3O. The summed E-state index contributed by atoms with van der Waals surface area (Å²) in [7, 11) is 0. The van der Waals surface area contributed by atoms with Gasteiger partial charge in [-0.05, 0) is 38.8 Å². The Hall–Kier alpha value is -0.610. The topological polar surface area (TPSA) is 67.1 Å². The molecule has 15 heavy (non-hydrogen) atoms. The molecule has 1 fully saturated rings. The molecule has 1 heterocycles. The molecular weight excluding hydrogens is 190 g/mol. The van der Waals surface area contributed by atoms with Gasteiger partial charge in [0, 0.05) is 6.54 Å². The van der Waals surface area contributed by atoms with Crippen molar-refractivity contribution < 1.29 is 4.79 Å². The maximum absolute atomic E-state index is 11.5. The molecule has 0 saturated carbocycles. The van der Waals surface area contributed by atoms with Crippen LogP contribution in [0.1, 0.15) is 38.5 Å². The maximum atomic E-state index is 11.5. The quantitative estimate of drug-likeness (QED) is 0.535. The smallest absolute Gasteiger partial charge is 0.237 e. The molecule has 1 saturated heterocycles. The minimum absolute atomic E-state index is 0.0639. The molecule has 0 unspecified atom stereocenters. The molecule has 4 nitrogen and oxygen atoms in total. The Labute approximate surface area is 92.0 Å². The van der Waals surface area contributed by atoms with E-state index in [0.29, 0.717) is 0 Å². The van der Waals surface area contributed by atoms with Crippen molar-refractivity contribution in [2.24, 2.45) is 5.73 Å². The number of nitrogens with two attached hydrogens (primary N) is 1. The van der Waals surface area contributed by atoms with E-state index in [1.807, 2.05) is 0 Å². The highest BCUT2D eigenvalue weighted by Crippen LogP contribution is 2.04. The monoisotopic (exact) mass is 213 g/mol. The predicted octanol–water partition coefficient (Wildman–Crippen LogP) is 0.374. The molecule has 1 aliphatic rings. The lowest BCUT2D eigenvalue weighted by Crippen LogP contribution is -2.40. The van der Waals surface area contributed by atoms with Crippen molar-refractivity contribution in [3.8, 4) is 0 Å². The van der Waals surface area contributed by atoms with Crippen molar-refractivity contribution in [2.75, 3.05) is 19.6 Å². The first kappa shape index (κ1) is 12.5. The van der Waals surface area contributed by atoms with Gasteiger partial charge in [-0.1, -0.05) is 12.8 Å². The second-order valence-corrected chi connectivity index (χ2v) is 4.14. The number of unbranched alkanes of at least 4 members (excludes halogenated alkanes) is 3. The fourth-order valence-electron chi connectivity index (χ4n) is 1.87. The number of hydrogen-bond donors (Lipinski definition) is 3. The van der Waals surface area contributed by atoms with Gasteiger partial charge >= 0.3 is 0 Å². The van der Waals surface area contributed by atoms with Crippen LogP contribution in [0.3, 0.4) is 0 Å². The fourth-order valence-corrected chi connectivity index (χ4v) is 1.87. The summed E-state index contributed by atoms with van der Waals surface area (Å²) in [5.41, 5.74) is 5.40. The van der Waals surface area contributed by atoms with Crippen LogP contribution in [0.5, 0.6) is 0 Å². The highest BCUT2D eigenvalue weighted by atomic mass is 16.2. The average molecular weight is 213 g/mol. The molecule has 4 N–H and O–H groups in total. The summed E-state index contributed by atoms with van der Waals surface area (Å²) in [5.74, 6) is 0.173. The third kappa shape index (κ3) is 5.14. The van der Waals surface area contributed by atoms with Gasteiger partial charge in [-0.3, -0.25) is 4.79 Å². The van der Waals surface area contributed by atoms with E-state index >= 15 is 0 Å². The molecule has 0 aromatic rings. The van der Waals surface area contributed by atoms with E-state index in [1.54, 1.807) is 0 Å². The lowest BCUT2D eigenvalue weighted by Gasteiger charge is -2.10. The van der Waals surface area contributed by atoms with Crippen molar-refractivity contribution in [3.63, 3.8) is 0 Å². The van der Waals surface area contributed by atoms with Crippen molar-refractivity contribution in [1.29, 1.82) is 0 Å². The Bertz CT molecular complexity index is 179. The van der Waals surface area contributed by atoms with Crippen LogP contribution in [-0.2, 0) is 4.79 Å². The van der Waals surface area contributed by atoms with E-state index in [2.05, 4.69) is 10.6 Å². The minimum atomic E-state index is 0.0639. The van der Waals surface area contributed by atoms with Crippen molar-refractivity contribution in [2.45, 2.75) is 44.6 Å². The largest absolute Gasteiger partial charge is 0.355 e. The average Bonchev–Trinajstić information content (AvgIpc) is 2.76. The summed E-state index contributed by atoms with van der Waals surface area (Å²) in [6.45, 7) is 2.56. The van der Waals surface area contributed by atoms with Gasteiger partial charge in [0.2, 0.25) is 5.91 Å². The second kappa shape index (κ2) is 7.65. The van der Waals surface area contributed by atoms with Gasteiger partial charge < -0.3 is 16.4 Å². The molecule has 1 atom stereocenters. The maximum Gasteiger partial charge on any atom is 0.237 e. The SMILES string of the molecule is NCCCCCCNC(=O)[C@@H]1CCCN1. The van der Waals surface area contributed by atoms with E-state index in [9.17, 15) is 4.79 Å². The molecule has 0 bridgehead atoms. The Kier molecular flexibility index (Phi) is 6.36. The van der Waals surface area contributed by atoms with Gasteiger partial charge in [-0.25, -0.2) is 0 Å². The predicted molar refractivity (Wildman–Crippen MR) is 61.6 cm³/mol. The van der Waals surface area contributed by atoms with Gasteiger partial charge in [0.05, 0.1) is 6.04 Å². The van der Waals surface area contributed by atoms with Gasteiger partial charge in [0.1, 0.15) is 0 Å². The molecule has 0 aromatic carbocycles. The summed E-state index contributed by atoms with van der Waals surface area (Å²) in [5, 5.41) is 6.16. The van der Waals surface area contributed by atoms with Gasteiger partial charge in [-0.15, -0.1) is 0 Å². The molecule has 0 aliphatic carbocycles. The minimum Gasteiger partial charge on any atom is -0.355 e. The van der Waals surface area contributed by atoms with Crippen LogP contribution in [-0.4, -0.2) is 31.6 Å².